The molecule has 0 aliphatic heterocycles. The number of hydrogen-bond donors (Lipinski definition) is 2. The molecular weight excluding hydrogens is 304 g/mol. The summed E-state index contributed by atoms with van der Waals surface area (Å²) in [6, 6.07) is 15.1. The largest absolute Gasteiger partial charge is 0.143 e. The highest BCUT2D eigenvalue weighted by Gasteiger charge is 1.85. The number of benzene rings is 2. The lowest BCUT2D eigenvalue weighted by Gasteiger charge is -1.89. The summed E-state index contributed by atoms with van der Waals surface area (Å²) in [5, 5.41) is 0. The van der Waals surface area contributed by atoms with Gasteiger partial charge in [0.05, 0.1) is 0 Å². The number of thiol groups is 2. The topological polar surface area (TPSA) is 0 Å². The van der Waals surface area contributed by atoms with Gasteiger partial charge in [0, 0.05) is 20.9 Å². The lowest BCUT2D eigenvalue weighted by molar-refractivity contribution is 1.46. The van der Waals surface area contributed by atoms with Gasteiger partial charge < -0.3 is 0 Å². The second kappa shape index (κ2) is 8.62. The van der Waals surface area contributed by atoms with Gasteiger partial charge in [-0.15, -0.1) is 25.3 Å². The van der Waals surface area contributed by atoms with E-state index in [1.807, 2.05) is 48.5 Å². The van der Waals surface area contributed by atoms with E-state index in [9.17, 15) is 0 Å². The fraction of sp³-hybridized carbons (Fsp3) is 0. The van der Waals surface area contributed by atoms with Crippen molar-refractivity contribution in [1.82, 2.24) is 0 Å². The van der Waals surface area contributed by atoms with E-state index in [2.05, 4.69) is 72.6 Å². The Labute approximate surface area is 142 Å². The lowest BCUT2D eigenvalue weighted by Crippen LogP contribution is -1.72. The minimum atomic E-state index is 0.896. The molecule has 0 heterocycles. The first-order chi connectivity index (χ1) is 10.7. The second-order valence-corrected chi connectivity index (χ2v) is 5.13. The minimum Gasteiger partial charge on any atom is -0.143 e. The molecule has 0 unspecified atom stereocenters. The van der Waals surface area contributed by atoms with Gasteiger partial charge in [-0.3, -0.25) is 0 Å². The Hall–Kier alpha value is -2.62. The average molecular weight is 314 g/mol. The van der Waals surface area contributed by atoms with Crippen molar-refractivity contribution in [2.45, 2.75) is 9.79 Å². The molecule has 0 nitrogen and oxygen atoms in total. The summed E-state index contributed by atoms with van der Waals surface area (Å²) in [6.07, 6.45) is 0. The predicted octanol–water partition coefficient (Wildman–Crippen LogP) is 3.67. The van der Waals surface area contributed by atoms with Crippen LogP contribution in [0.5, 0.6) is 0 Å². The van der Waals surface area contributed by atoms with Crippen molar-refractivity contribution in [3.05, 3.63) is 59.7 Å². The molecule has 0 spiro atoms. The average Bonchev–Trinajstić information content (AvgIpc) is 2.53. The van der Waals surface area contributed by atoms with Gasteiger partial charge in [0.2, 0.25) is 0 Å². The molecule has 0 aliphatic rings. The van der Waals surface area contributed by atoms with Crippen LogP contribution in [0.1, 0.15) is 11.1 Å². The highest BCUT2D eigenvalue weighted by Crippen LogP contribution is 2.06. The second-order valence-electron chi connectivity index (χ2n) is 4.09. The Morgan fingerprint density at radius 2 is 0.773 bits per heavy atom. The molecular formula is C20H10S2. The van der Waals surface area contributed by atoms with E-state index < -0.39 is 0 Å². The molecule has 2 rings (SSSR count). The first-order valence-electron chi connectivity index (χ1n) is 6.34. The highest BCUT2D eigenvalue weighted by atomic mass is 32.1. The van der Waals surface area contributed by atoms with Gasteiger partial charge in [0.25, 0.3) is 0 Å². The van der Waals surface area contributed by atoms with Crippen LogP contribution in [0, 0.1) is 47.4 Å². The van der Waals surface area contributed by atoms with Crippen LogP contribution in [0.2, 0.25) is 0 Å². The van der Waals surface area contributed by atoms with Crippen LogP contribution in [0.15, 0.2) is 58.3 Å². The minimum absolute atomic E-state index is 0.896. The zero-order valence-corrected chi connectivity index (χ0v) is 13.3. The van der Waals surface area contributed by atoms with Crippen molar-refractivity contribution < 1.29 is 0 Å². The molecule has 0 aromatic heterocycles. The third-order valence-corrected chi connectivity index (χ3v) is 3.06. The third kappa shape index (κ3) is 5.79. The smallest absolute Gasteiger partial charge is 0.0256 e. The Bertz CT molecular complexity index is 810. The Kier molecular flexibility index (Phi) is 6.18. The predicted molar refractivity (Wildman–Crippen MR) is 96.7 cm³/mol. The van der Waals surface area contributed by atoms with Crippen molar-refractivity contribution in [2.24, 2.45) is 0 Å². The molecule has 0 radical (unpaired) electrons. The SMILES string of the molecule is Sc1ccc(C#CC#CC#CC#Cc2ccc(S)cc2)cc1. The molecule has 0 fully saturated rings. The summed E-state index contributed by atoms with van der Waals surface area (Å²) in [4.78, 5) is 1.81. The summed E-state index contributed by atoms with van der Waals surface area (Å²) >= 11 is 8.42. The van der Waals surface area contributed by atoms with Gasteiger partial charge in [-0.1, -0.05) is 11.8 Å². The molecule has 2 heteroatoms. The summed E-state index contributed by atoms with van der Waals surface area (Å²) in [7, 11) is 0. The van der Waals surface area contributed by atoms with Crippen molar-refractivity contribution in [2.75, 3.05) is 0 Å². The van der Waals surface area contributed by atoms with E-state index in [1.54, 1.807) is 0 Å². The van der Waals surface area contributed by atoms with Crippen LogP contribution in [0.25, 0.3) is 0 Å². The standard InChI is InChI=1S/C20H10S2/c21-19-13-9-17(10-14-19)7-5-3-1-2-4-6-8-18-11-15-20(22)16-12-18/h9-16,21-22H. The summed E-state index contributed by atoms with van der Waals surface area (Å²) < 4.78 is 0. The Morgan fingerprint density at radius 3 is 1.14 bits per heavy atom. The Balaban J connectivity index is 1.93. The zero-order valence-electron chi connectivity index (χ0n) is 11.5. The maximum Gasteiger partial charge on any atom is 0.0256 e. The van der Waals surface area contributed by atoms with Gasteiger partial charge in [0.1, 0.15) is 0 Å². The monoisotopic (exact) mass is 314 g/mol. The molecule has 0 atom stereocenters. The normalized spacial score (nSPS) is 7.91. The van der Waals surface area contributed by atoms with Gasteiger partial charge in [-0.2, -0.15) is 0 Å². The summed E-state index contributed by atoms with van der Waals surface area (Å²) in [5.41, 5.74) is 1.79. The highest BCUT2D eigenvalue weighted by molar-refractivity contribution is 7.80. The first kappa shape index (κ1) is 15.8. The zero-order chi connectivity index (χ0) is 15.6. The van der Waals surface area contributed by atoms with Gasteiger partial charge in [-0.25, -0.2) is 0 Å². The van der Waals surface area contributed by atoms with E-state index in [1.165, 1.54) is 0 Å². The van der Waals surface area contributed by atoms with E-state index in [-0.39, 0.29) is 0 Å². The van der Waals surface area contributed by atoms with Crippen molar-refractivity contribution >= 4 is 25.3 Å². The molecule has 0 bridgehead atoms. The van der Waals surface area contributed by atoms with E-state index in [4.69, 9.17) is 0 Å². The Morgan fingerprint density at radius 1 is 0.455 bits per heavy atom. The van der Waals surface area contributed by atoms with Gasteiger partial charge in [0.15, 0.2) is 0 Å². The number of rotatable bonds is 0. The first-order valence-corrected chi connectivity index (χ1v) is 7.23. The van der Waals surface area contributed by atoms with Crippen LogP contribution in [-0.2, 0) is 0 Å². The molecule has 0 N–H and O–H groups in total. The van der Waals surface area contributed by atoms with E-state index >= 15 is 0 Å². The van der Waals surface area contributed by atoms with E-state index in [0.29, 0.717) is 0 Å². The van der Waals surface area contributed by atoms with Crippen LogP contribution in [0.4, 0.5) is 0 Å². The molecule has 22 heavy (non-hydrogen) atoms. The van der Waals surface area contributed by atoms with Crippen molar-refractivity contribution in [3.63, 3.8) is 0 Å². The quantitative estimate of drug-likeness (QED) is 0.538. The fourth-order valence-electron chi connectivity index (χ4n) is 1.42. The molecule has 0 saturated heterocycles. The van der Waals surface area contributed by atoms with Crippen LogP contribution in [-0.4, -0.2) is 0 Å². The molecule has 0 amide bonds. The van der Waals surface area contributed by atoms with Crippen LogP contribution in [0.3, 0.4) is 0 Å². The molecule has 0 saturated carbocycles. The maximum absolute atomic E-state index is 4.21. The maximum atomic E-state index is 4.21. The molecule has 2 aromatic carbocycles. The third-order valence-electron chi connectivity index (χ3n) is 2.46. The summed E-state index contributed by atoms with van der Waals surface area (Å²) in [6.45, 7) is 0. The fourth-order valence-corrected chi connectivity index (χ4v) is 1.72. The van der Waals surface area contributed by atoms with Crippen LogP contribution < -0.4 is 0 Å². The van der Waals surface area contributed by atoms with Gasteiger partial charge >= 0.3 is 0 Å². The van der Waals surface area contributed by atoms with Crippen LogP contribution >= 0.6 is 25.3 Å². The van der Waals surface area contributed by atoms with E-state index in [0.717, 1.165) is 20.9 Å². The van der Waals surface area contributed by atoms with Gasteiger partial charge in [-0.05, 0) is 84.1 Å². The molecule has 2 aromatic rings. The summed E-state index contributed by atoms with van der Waals surface area (Å²) in [5.74, 6) is 22.0. The molecule has 102 valence electrons. The molecule has 0 aliphatic carbocycles. The van der Waals surface area contributed by atoms with Crippen molar-refractivity contribution in [1.29, 1.82) is 0 Å². The number of hydrogen-bond acceptors (Lipinski definition) is 2. The van der Waals surface area contributed by atoms with Crippen molar-refractivity contribution in [3.8, 4) is 47.4 Å². The lowest BCUT2D eigenvalue weighted by atomic mass is 10.2.